The third kappa shape index (κ3) is 5.29. The summed E-state index contributed by atoms with van der Waals surface area (Å²) in [4.78, 5) is 24.0. The summed E-state index contributed by atoms with van der Waals surface area (Å²) in [5.74, 6) is -0.259. The van der Waals surface area contributed by atoms with Crippen LogP contribution in [0.15, 0.2) is 72.9 Å². The molecule has 2 aromatic heterocycles. The molecule has 10 heteroatoms. The fraction of sp³-hybridized carbons (Fsp3) is 0.107. The van der Waals surface area contributed by atoms with Gasteiger partial charge >= 0.3 is 5.97 Å². The van der Waals surface area contributed by atoms with Gasteiger partial charge in [-0.1, -0.05) is 23.7 Å². The molecule has 0 fully saturated rings. The molecule has 5 rings (SSSR count). The van der Waals surface area contributed by atoms with E-state index in [1.807, 2.05) is 24.3 Å². The lowest BCUT2D eigenvalue weighted by Gasteiger charge is -2.09. The Labute approximate surface area is 222 Å². The number of aromatic carboxylic acids is 1. The van der Waals surface area contributed by atoms with Gasteiger partial charge in [0.25, 0.3) is 0 Å². The molecule has 0 unspecified atom stereocenters. The van der Waals surface area contributed by atoms with Gasteiger partial charge in [-0.25, -0.2) is 14.2 Å². The molecule has 38 heavy (non-hydrogen) atoms. The second-order valence-electron chi connectivity index (χ2n) is 8.46. The van der Waals surface area contributed by atoms with Crippen LogP contribution >= 0.6 is 11.6 Å². The lowest BCUT2D eigenvalue weighted by Crippen LogP contribution is -2.10. The molecule has 192 valence electrons. The van der Waals surface area contributed by atoms with E-state index in [9.17, 15) is 14.3 Å². The van der Waals surface area contributed by atoms with Crippen LogP contribution in [0.2, 0.25) is 5.02 Å². The average molecular weight is 532 g/mol. The number of aromatic amines is 1. The maximum atomic E-state index is 13.6. The molecule has 0 bridgehead atoms. The molecule has 3 aromatic carbocycles. The number of hydrogen-bond acceptors (Lipinski definition) is 6. The summed E-state index contributed by atoms with van der Waals surface area (Å²) in [6.07, 6.45) is 1.66. The van der Waals surface area contributed by atoms with E-state index in [0.29, 0.717) is 36.1 Å². The van der Waals surface area contributed by atoms with Crippen molar-refractivity contribution in [2.75, 3.05) is 18.5 Å². The summed E-state index contributed by atoms with van der Waals surface area (Å²) in [5, 5.41) is 13.5. The highest BCUT2D eigenvalue weighted by molar-refractivity contribution is 6.36. The second kappa shape index (κ2) is 10.9. The molecule has 2 heterocycles. The smallest absolute Gasteiger partial charge is 0.337 e. The number of anilines is 1. The van der Waals surface area contributed by atoms with Gasteiger partial charge < -0.3 is 25.9 Å². The Hall–Kier alpha value is -4.47. The lowest BCUT2D eigenvalue weighted by atomic mass is 10.0. The standard InChI is InChI=1S/C28H23ClFN5O3/c29-25-21(28(36)37)2-1-3-23(25)33-15-24-34-26(16-4-7-19(30)8-5-16)27(35-24)17-6-9-22-18(12-17)13-20(14-32-22)38-11-10-31/h1-9,12-14,33H,10-11,15,31H2,(H,34,35)(H,36,37). The maximum absolute atomic E-state index is 13.6. The first-order chi connectivity index (χ1) is 18.4. The van der Waals surface area contributed by atoms with Crippen LogP contribution in [-0.4, -0.2) is 39.2 Å². The van der Waals surface area contributed by atoms with Crippen molar-refractivity contribution in [1.29, 1.82) is 0 Å². The number of carbonyl (C=O) groups is 1. The first-order valence-electron chi connectivity index (χ1n) is 11.8. The summed E-state index contributed by atoms with van der Waals surface area (Å²) in [5.41, 5.74) is 9.75. The van der Waals surface area contributed by atoms with Gasteiger partial charge in [0.05, 0.1) is 45.9 Å². The zero-order valence-electron chi connectivity index (χ0n) is 20.0. The number of benzene rings is 3. The van der Waals surface area contributed by atoms with Gasteiger partial charge in [-0.15, -0.1) is 0 Å². The fourth-order valence-electron chi connectivity index (χ4n) is 4.07. The summed E-state index contributed by atoms with van der Waals surface area (Å²) in [6.45, 7) is 1.02. The van der Waals surface area contributed by atoms with E-state index in [1.165, 1.54) is 18.2 Å². The Balaban J connectivity index is 1.52. The fourth-order valence-corrected chi connectivity index (χ4v) is 4.34. The second-order valence-corrected chi connectivity index (χ2v) is 8.83. The van der Waals surface area contributed by atoms with Crippen LogP contribution in [0.4, 0.5) is 10.1 Å². The quantitative estimate of drug-likeness (QED) is 0.191. The van der Waals surface area contributed by atoms with Crippen LogP contribution < -0.4 is 15.8 Å². The monoisotopic (exact) mass is 531 g/mol. The van der Waals surface area contributed by atoms with Gasteiger partial charge in [-0.05, 0) is 54.6 Å². The largest absolute Gasteiger partial charge is 0.491 e. The minimum atomic E-state index is -1.11. The third-order valence-electron chi connectivity index (χ3n) is 5.88. The summed E-state index contributed by atoms with van der Waals surface area (Å²) in [7, 11) is 0. The van der Waals surface area contributed by atoms with Gasteiger partial charge in [-0.3, -0.25) is 4.98 Å². The number of halogens is 2. The molecule has 0 saturated carbocycles. The number of nitrogens with zero attached hydrogens (tertiary/aromatic N) is 2. The Morgan fingerprint density at radius 1 is 1.11 bits per heavy atom. The van der Waals surface area contributed by atoms with Crippen molar-refractivity contribution in [2.24, 2.45) is 5.73 Å². The summed E-state index contributed by atoms with van der Waals surface area (Å²) in [6, 6.07) is 18.6. The number of hydrogen-bond donors (Lipinski definition) is 4. The van der Waals surface area contributed by atoms with Gasteiger partial charge in [-0.2, -0.15) is 0 Å². The molecule has 0 radical (unpaired) electrons. The van der Waals surface area contributed by atoms with E-state index >= 15 is 0 Å². The number of aromatic nitrogens is 3. The molecular weight excluding hydrogens is 509 g/mol. The molecule has 8 nitrogen and oxygen atoms in total. The number of imidazole rings is 1. The van der Waals surface area contributed by atoms with Crippen LogP contribution in [0, 0.1) is 5.82 Å². The van der Waals surface area contributed by atoms with Gasteiger partial charge in [0, 0.05) is 23.1 Å². The van der Waals surface area contributed by atoms with Crippen molar-refractivity contribution in [3.63, 3.8) is 0 Å². The van der Waals surface area contributed by atoms with Gasteiger partial charge in [0.15, 0.2) is 0 Å². The topological polar surface area (TPSA) is 126 Å². The molecule has 0 atom stereocenters. The number of nitrogens with two attached hydrogens (primary N) is 1. The van der Waals surface area contributed by atoms with Gasteiger partial charge in [0.2, 0.25) is 0 Å². The van der Waals surface area contributed by atoms with E-state index in [2.05, 4.69) is 15.3 Å². The van der Waals surface area contributed by atoms with Crippen molar-refractivity contribution in [2.45, 2.75) is 6.54 Å². The molecule has 0 aliphatic heterocycles. The highest BCUT2D eigenvalue weighted by atomic mass is 35.5. The van der Waals surface area contributed by atoms with Crippen molar-refractivity contribution >= 4 is 34.2 Å². The predicted octanol–water partition coefficient (Wildman–Crippen LogP) is 5.73. The highest BCUT2D eigenvalue weighted by Gasteiger charge is 2.17. The Bertz CT molecular complexity index is 1620. The molecule has 5 N–H and O–H groups in total. The molecule has 0 aliphatic carbocycles. The van der Waals surface area contributed by atoms with Crippen molar-refractivity contribution in [3.05, 3.63) is 95.2 Å². The van der Waals surface area contributed by atoms with Crippen LogP contribution in [0.1, 0.15) is 16.2 Å². The number of H-pyrrole nitrogens is 1. The van der Waals surface area contributed by atoms with E-state index < -0.39 is 5.97 Å². The number of ether oxygens (including phenoxy) is 1. The number of carboxylic acids is 1. The SMILES string of the molecule is NCCOc1cnc2ccc(-c3[nH]c(CNc4cccc(C(=O)O)c4Cl)nc3-c3ccc(F)cc3)cc2c1. The summed E-state index contributed by atoms with van der Waals surface area (Å²) >= 11 is 6.28. The number of rotatable bonds is 9. The Morgan fingerprint density at radius 2 is 1.89 bits per heavy atom. The molecule has 0 amide bonds. The molecule has 0 saturated heterocycles. The minimum Gasteiger partial charge on any atom is -0.491 e. The van der Waals surface area contributed by atoms with Crippen LogP contribution in [0.3, 0.4) is 0 Å². The molecular formula is C28H23ClFN5O3. The van der Waals surface area contributed by atoms with Crippen molar-refractivity contribution in [1.82, 2.24) is 15.0 Å². The summed E-state index contributed by atoms with van der Waals surface area (Å²) < 4.78 is 19.3. The van der Waals surface area contributed by atoms with Crippen LogP contribution in [0.25, 0.3) is 33.4 Å². The first kappa shape index (κ1) is 25.2. The molecule has 0 aliphatic rings. The van der Waals surface area contributed by atoms with E-state index in [1.54, 1.807) is 30.5 Å². The van der Waals surface area contributed by atoms with Crippen molar-refractivity contribution < 1.29 is 19.0 Å². The Kier molecular flexibility index (Phi) is 7.21. The zero-order chi connectivity index (χ0) is 26.6. The maximum Gasteiger partial charge on any atom is 0.337 e. The van der Waals surface area contributed by atoms with E-state index in [-0.39, 0.29) is 22.9 Å². The van der Waals surface area contributed by atoms with E-state index in [4.69, 9.17) is 27.1 Å². The predicted molar refractivity (Wildman–Crippen MR) is 145 cm³/mol. The van der Waals surface area contributed by atoms with Gasteiger partial charge in [0.1, 0.15) is 24.0 Å². The molecule has 5 aromatic rings. The lowest BCUT2D eigenvalue weighted by molar-refractivity contribution is 0.0697. The normalized spacial score (nSPS) is 11.0. The first-order valence-corrected chi connectivity index (χ1v) is 12.1. The number of fused-ring (bicyclic) bond motifs is 1. The van der Waals surface area contributed by atoms with Crippen molar-refractivity contribution in [3.8, 4) is 28.3 Å². The van der Waals surface area contributed by atoms with Crippen LogP contribution in [0.5, 0.6) is 5.75 Å². The highest BCUT2D eigenvalue weighted by Crippen LogP contribution is 2.33. The minimum absolute atomic E-state index is 0.00314. The van der Waals surface area contributed by atoms with Crippen LogP contribution in [-0.2, 0) is 6.54 Å². The third-order valence-corrected chi connectivity index (χ3v) is 6.28. The number of nitrogens with one attached hydrogen (secondary N) is 2. The molecule has 0 spiro atoms. The van der Waals surface area contributed by atoms with E-state index in [0.717, 1.165) is 27.7 Å². The zero-order valence-corrected chi connectivity index (χ0v) is 20.8. The average Bonchev–Trinajstić information content (AvgIpc) is 3.35. The Morgan fingerprint density at radius 3 is 2.66 bits per heavy atom. The number of carboxylic acid groups (broad SMARTS) is 1. The number of pyridine rings is 1.